The number of hydrogen-bond donors (Lipinski definition) is 1. The smallest absolute Gasteiger partial charge is 0.191 e. The number of aromatic hydroxyl groups is 1. The van der Waals surface area contributed by atoms with E-state index < -0.39 is 8.32 Å². The molecule has 2 aromatic carbocycles. The molecule has 2 aromatic rings. The fraction of sp³-hybridized carbons (Fsp3) is 0.429. The summed E-state index contributed by atoms with van der Waals surface area (Å²) >= 11 is 0. The second-order valence-electron chi connectivity index (χ2n) is 7.88. The molecule has 25 heavy (non-hydrogen) atoms. The molecule has 1 N–H and O–H groups in total. The minimum Gasteiger partial charge on any atom is -0.508 e. The van der Waals surface area contributed by atoms with Crippen LogP contribution in [0.15, 0.2) is 48.5 Å². The van der Waals surface area contributed by atoms with Gasteiger partial charge in [0.1, 0.15) is 11.5 Å². The van der Waals surface area contributed by atoms with E-state index in [1.165, 1.54) is 0 Å². The van der Waals surface area contributed by atoms with E-state index in [2.05, 4.69) is 33.9 Å². The molecule has 0 aliphatic carbocycles. The van der Waals surface area contributed by atoms with E-state index in [9.17, 15) is 5.11 Å². The first kappa shape index (κ1) is 19.5. The van der Waals surface area contributed by atoms with Crippen molar-refractivity contribution in [3.8, 4) is 22.6 Å². The quantitative estimate of drug-likeness (QED) is 0.498. The van der Waals surface area contributed by atoms with E-state index in [4.69, 9.17) is 9.16 Å². The Morgan fingerprint density at radius 3 is 1.88 bits per heavy atom. The molecule has 0 saturated carbocycles. The van der Waals surface area contributed by atoms with Crippen LogP contribution in [-0.4, -0.2) is 26.6 Å². The Morgan fingerprint density at radius 2 is 1.36 bits per heavy atom. The van der Waals surface area contributed by atoms with Crippen molar-refractivity contribution in [1.82, 2.24) is 0 Å². The standard InChI is InChI=1S/C21H30O3Si/c1-21(2,3)25(4,5)24-16-6-15-23-20-13-9-18(10-14-20)17-7-11-19(22)12-8-17/h7-14,22H,6,15-16H2,1-5H3. The topological polar surface area (TPSA) is 38.7 Å². The van der Waals surface area contributed by atoms with Gasteiger partial charge in [-0.3, -0.25) is 0 Å². The lowest BCUT2D eigenvalue weighted by Gasteiger charge is -2.36. The Morgan fingerprint density at radius 1 is 0.840 bits per heavy atom. The van der Waals surface area contributed by atoms with Crippen LogP contribution >= 0.6 is 0 Å². The van der Waals surface area contributed by atoms with Crippen LogP contribution in [0, 0.1) is 0 Å². The Labute approximate surface area is 152 Å². The maximum atomic E-state index is 9.36. The zero-order valence-corrected chi connectivity index (χ0v) is 17.0. The highest BCUT2D eigenvalue weighted by Gasteiger charge is 2.36. The molecule has 136 valence electrons. The van der Waals surface area contributed by atoms with Crippen LogP contribution in [0.4, 0.5) is 0 Å². The first-order valence-electron chi connectivity index (χ1n) is 8.85. The lowest BCUT2D eigenvalue weighted by atomic mass is 10.1. The van der Waals surface area contributed by atoms with Gasteiger partial charge in [-0.25, -0.2) is 0 Å². The molecular weight excluding hydrogens is 328 g/mol. The summed E-state index contributed by atoms with van der Waals surface area (Å²) in [5.74, 6) is 1.15. The average Bonchev–Trinajstić information content (AvgIpc) is 2.55. The van der Waals surface area contributed by atoms with Crippen LogP contribution in [0.1, 0.15) is 27.2 Å². The van der Waals surface area contributed by atoms with Crippen LogP contribution in [0.25, 0.3) is 11.1 Å². The molecule has 0 atom stereocenters. The molecule has 0 spiro atoms. The molecular formula is C21H30O3Si. The first-order chi connectivity index (χ1) is 11.7. The highest BCUT2D eigenvalue weighted by molar-refractivity contribution is 6.74. The number of benzene rings is 2. The molecule has 0 bridgehead atoms. The van der Waals surface area contributed by atoms with Crippen LogP contribution < -0.4 is 4.74 Å². The Balaban J connectivity index is 1.78. The molecule has 0 aliphatic heterocycles. The highest BCUT2D eigenvalue weighted by Crippen LogP contribution is 2.36. The van der Waals surface area contributed by atoms with Crippen LogP contribution in [0.3, 0.4) is 0 Å². The Bertz CT molecular complexity index is 655. The summed E-state index contributed by atoms with van der Waals surface area (Å²) in [7, 11) is -1.66. The predicted molar refractivity (Wildman–Crippen MR) is 107 cm³/mol. The molecule has 4 heteroatoms. The second kappa shape index (κ2) is 8.06. The largest absolute Gasteiger partial charge is 0.508 e. The second-order valence-corrected chi connectivity index (χ2v) is 12.7. The van der Waals surface area contributed by atoms with Gasteiger partial charge in [-0.2, -0.15) is 0 Å². The zero-order valence-electron chi connectivity index (χ0n) is 16.0. The Kier molecular flexibility index (Phi) is 6.30. The van der Waals surface area contributed by atoms with Gasteiger partial charge in [0.15, 0.2) is 8.32 Å². The zero-order chi connectivity index (χ0) is 18.5. The highest BCUT2D eigenvalue weighted by atomic mass is 28.4. The van der Waals surface area contributed by atoms with Gasteiger partial charge in [0.05, 0.1) is 6.61 Å². The van der Waals surface area contributed by atoms with Crippen molar-refractivity contribution in [3.05, 3.63) is 48.5 Å². The SMILES string of the molecule is CC(C)(C)[Si](C)(C)OCCCOc1ccc(-c2ccc(O)cc2)cc1. The minimum absolute atomic E-state index is 0.248. The van der Waals surface area contributed by atoms with E-state index in [0.717, 1.165) is 29.9 Å². The van der Waals surface area contributed by atoms with Gasteiger partial charge < -0.3 is 14.3 Å². The Hall–Kier alpha value is -1.78. The summed E-state index contributed by atoms with van der Waals surface area (Å²) in [6.45, 7) is 12.7. The third-order valence-electron chi connectivity index (χ3n) is 4.88. The van der Waals surface area contributed by atoms with Crippen LogP contribution in [-0.2, 0) is 4.43 Å². The summed E-state index contributed by atoms with van der Waals surface area (Å²) in [5, 5.41) is 9.60. The molecule has 0 amide bonds. The van der Waals surface area contributed by atoms with Gasteiger partial charge in [-0.05, 0) is 53.5 Å². The van der Waals surface area contributed by atoms with E-state index >= 15 is 0 Å². The van der Waals surface area contributed by atoms with Crippen LogP contribution in [0.5, 0.6) is 11.5 Å². The van der Waals surface area contributed by atoms with E-state index in [0.29, 0.717) is 6.61 Å². The van der Waals surface area contributed by atoms with E-state index in [1.54, 1.807) is 12.1 Å². The molecule has 0 saturated heterocycles. The lowest BCUT2D eigenvalue weighted by molar-refractivity contribution is 0.234. The van der Waals surface area contributed by atoms with E-state index in [1.807, 2.05) is 36.4 Å². The molecule has 0 aliphatic rings. The molecule has 0 unspecified atom stereocenters. The summed E-state index contributed by atoms with van der Waals surface area (Å²) < 4.78 is 12.0. The van der Waals surface area contributed by atoms with Gasteiger partial charge in [0.25, 0.3) is 0 Å². The van der Waals surface area contributed by atoms with Gasteiger partial charge in [-0.1, -0.05) is 45.0 Å². The van der Waals surface area contributed by atoms with Crippen molar-refractivity contribution >= 4 is 8.32 Å². The predicted octanol–water partition coefficient (Wildman–Crippen LogP) is 5.85. The number of phenols is 1. The van der Waals surface area contributed by atoms with E-state index in [-0.39, 0.29) is 10.8 Å². The molecule has 2 rings (SSSR count). The molecule has 0 radical (unpaired) electrons. The van der Waals surface area contributed by atoms with Gasteiger partial charge in [0.2, 0.25) is 0 Å². The number of rotatable bonds is 7. The normalized spacial score (nSPS) is 12.2. The number of hydrogen-bond acceptors (Lipinski definition) is 3. The maximum absolute atomic E-state index is 9.36. The fourth-order valence-electron chi connectivity index (χ4n) is 2.19. The molecule has 0 heterocycles. The van der Waals surface area contributed by atoms with Crippen molar-refractivity contribution in [2.45, 2.75) is 45.3 Å². The molecule has 0 fully saturated rings. The monoisotopic (exact) mass is 358 g/mol. The van der Waals surface area contributed by atoms with Crippen molar-refractivity contribution in [3.63, 3.8) is 0 Å². The van der Waals surface area contributed by atoms with Crippen LogP contribution in [0.2, 0.25) is 18.1 Å². The summed E-state index contributed by atoms with van der Waals surface area (Å²) in [5.41, 5.74) is 2.18. The van der Waals surface area contributed by atoms with Crippen molar-refractivity contribution in [2.24, 2.45) is 0 Å². The fourth-order valence-corrected chi connectivity index (χ4v) is 3.28. The van der Waals surface area contributed by atoms with Gasteiger partial charge >= 0.3 is 0 Å². The number of phenolic OH excluding ortho intramolecular Hbond substituents is 1. The number of ether oxygens (including phenoxy) is 1. The minimum atomic E-state index is -1.66. The van der Waals surface area contributed by atoms with Crippen molar-refractivity contribution in [1.29, 1.82) is 0 Å². The summed E-state index contributed by atoms with van der Waals surface area (Å²) in [6, 6.07) is 15.2. The van der Waals surface area contributed by atoms with Gasteiger partial charge in [-0.15, -0.1) is 0 Å². The molecule has 3 nitrogen and oxygen atoms in total. The third-order valence-corrected chi connectivity index (χ3v) is 9.42. The van der Waals surface area contributed by atoms with Gasteiger partial charge in [0, 0.05) is 13.0 Å². The maximum Gasteiger partial charge on any atom is 0.191 e. The van der Waals surface area contributed by atoms with Crippen molar-refractivity contribution in [2.75, 3.05) is 13.2 Å². The summed E-state index contributed by atoms with van der Waals surface area (Å²) in [4.78, 5) is 0. The first-order valence-corrected chi connectivity index (χ1v) is 11.8. The van der Waals surface area contributed by atoms with Crippen molar-refractivity contribution < 1.29 is 14.3 Å². The third kappa shape index (κ3) is 5.61. The molecule has 0 aromatic heterocycles. The average molecular weight is 359 g/mol. The summed E-state index contributed by atoms with van der Waals surface area (Å²) in [6.07, 6.45) is 0.895. The lowest BCUT2D eigenvalue weighted by Crippen LogP contribution is -2.41.